The van der Waals surface area contributed by atoms with Crippen LogP contribution in [0.4, 0.5) is 4.39 Å². The van der Waals surface area contributed by atoms with Crippen LogP contribution < -0.4 is 10.1 Å². The molecule has 0 unspecified atom stereocenters. The molecule has 7 nitrogen and oxygen atoms in total. The lowest BCUT2D eigenvalue weighted by Gasteiger charge is -2.20. The van der Waals surface area contributed by atoms with Gasteiger partial charge in [-0.05, 0) is 25.1 Å². The standard InChI is InChI=1S/C16H16FN3O4/c1-10-6-13(19-24-10)16(22)18-4-5-20-8-11-7-12(17)2-3-14(11)23-9-15(20)21/h2-3,6-7H,4-5,8-9H2,1H3,(H,18,22). The van der Waals surface area contributed by atoms with Crippen molar-refractivity contribution in [2.75, 3.05) is 19.7 Å². The number of fused-ring (bicyclic) bond motifs is 1. The highest BCUT2D eigenvalue weighted by Gasteiger charge is 2.22. The Hall–Kier alpha value is -2.90. The van der Waals surface area contributed by atoms with E-state index in [1.54, 1.807) is 6.92 Å². The van der Waals surface area contributed by atoms with Crippen molar-refractivity contribution >= 4 is 11.8 Å². The Bertz CT molecular complexity index is 774. The van der Waals surface area contributed by atoms with Crippen LogP contribution in [0, 0.1) is 12.7 Å². The molecule has 3 rings (SSSR count). The maximum absolute atomic E-state index is 13.4. The Morgan fingerprint density at radius 3 is 3.00 bits per heavy atom. The molecule has 1 aliphatic heterocycles. The van der Waals surface area contributed by atoms with Crippen molar-refractivity contribution in [1.29, 1.82) is 0 Å². The van der Waals surface area contributed by atoms with Crippen LogP contribution in [0.25, 0.3) is 0 Å². The summed E-state index contributed by atoms with van der Waals surface area (Å²) in [5, 5.41) is 6.29. The summed E-state index contributed by atoms with van der Waals surface area (Å²) in [5.41, 5.74) is 0.782. The van der Waals surface area contributed by atoms with Gasteiger partial charge in [-0.2, -0.15) is 0 Å². The Labute approximate surface area is 137 Å². The fourth-order valence-corrected chi connectivity index (χ4v) is 2.41. The summed E-state index contributed by atoms with van der Waals surface area (Å²) in [4.78, 5) is 25.5. The van der Waals surface area contributed by atoms with E-state index in [-0.39, 0.29) is 49.6 Å². The summed E-state index contributed by atoms with van der Waals surface area (Å²) in [5.74, 6) is 0.0456. The lowest BCUT2D eigenvalue weighted by Crippen LogP contribution is -2.39. The fourth-order valence-electron chi connectivity index (χ4n) is 2.41. The second-order valence-corrected chi connectivity index (χ2v) is 5.43. The van der Waals surface area contributed by atoms with Crippen molar-refractivity contribution in [3.8, 4) is 5.75 Å². The van der Waals surface area contributed by atoms with Crippen molar-refractivity contribution < 1.29 is 23.2 Å². The van der Waals surface area contributed by atoms with Crippen LogP contribution >= 0.6 is 0 Å². The van der Waals surface area contributed by atoms with E-state index < -0.39 is 0 Å². The average Bonchev–Trinajstić information content (AvgIpc) is 2.92. The second-order valence-electron chi connectivity index (χ2n) is 5.43. The van der Waals surface area contributed by atoms with Crippen molar-refractivity contribution in [2.24, 2.45) is 0 Å². The molecule has 0 bridgehead atoms. The zero-order valence-corrected chi connectivity index (χ0v) is 13.0. The molecule has 1 aromatic carbocycles. The maximum atomic E-state index is 13.4. The molecule has 1 aliphatic rings. The molecule has 2 amide bonds. The lowest BCUT2D eigenvalue weighted by molar-refractivity contribution is -0.133. The molecule has 2 aromatic rings. The molecule has 0 saturated carbocycles. The van der Waals surface area contributed by atoms with Gasteiger partial charge in [0.15, 0.2) is 12.3 Å². The van der Waals surface area contributed by atoms with Crippen LogP contribution in [0.3, 0.4) is 0 Å². The number of aromatic nitrogens is 1. The molecular weight excluding hydrogens is 317 g/mol. The Morgan fingerprint density at radius 1 is 1.42 bits per heavy atom. The highest BCUT2D eigenvalue weighted by Crippen LogP contribution is 2.24. The number of nitrogens with zero attached hydrogens (tertiary/aromatic N) is 2. The number of benzene rings is 1. The summed E-state index contributed by atoms with van der Waals surface area (Å²) in [6, 6.07) is 5.67. The normalized spacial score (nSPS) is 13.9. The van der Waals surface area contributed by atoms with Crippen LogP contribution in [0.15, 0.2) is 28.8 Å². The summed E-state index contributed by atoms with van der Waals surface area (Å²) >= 11 is 0. The third kappa shape index (κ3) is 3.53. The van der Waals surface area contributed by atoms with Gasteiger partial charge in [0.1, 0.15) is 17.3 Å². The first-order valence-electron chi connectivity index (χ1n) is 7.43. The number of carbonyl (C=O) groups excluding carboxylic acids is 2. The van der Waals surface area contributed by atoms with E-state index in [9.17, 15) is 14.0 Å². The first-order chi connectivity index (χ1) is 11.5. The van der Waals surface area contributed by atoms with E-state index in [2.05, 4.69) is 10.5 Å². The SMILES string of the molecule is Cc1cc(C(=O)NCCN2Cc3cc(F)ccc3OCC2=O)no1. The second kappa shape index (κ2) is 6.69. The molecule has 0 radical (unpaired) electrons. The van der Waals surface area contributed by atoms with Crippen LogP contribution in [0.1, 0.15) is 21.8 Å². The number of carbonyl (C=O) groups is 2. The Morgan fingerprint density at radius 2 is 2.25 bits per heavy atom. The van der Waals surface area contributed by atoms with E-state index >= 15 is 0 Å². The van der Waals surface area contributed by atoms with Crippen LogP contribution in [0.2, 0.25) is 0 Å². The van der Waals surface area contributed by atoms with Crippen LogP contribution in [0.5, 0.6) is 5.75 Å². The van der Waals surface area contributed by atoms with E-state index in [1.165, 1.54) is 29.2 Å². The number of ether oxygens (including phenoxy) is 1. The van der Waals surface area contributed by atoms with E-state index in [1.807, 2.05) is 0 Å². The van der Waals surface area contributed by atoms with Gasteiger partial charge in [0.25, 0.3) is 11.8 Å². The summed E-state index contributed by atoms with van der Waals surface area (Å²) in [6.45, 7) is 2.32. The molecule has 1 aromatic heterocycles. The van der Waals surface area contributed by atoms with Gasteiger partial charge in [-0.15, -0.1) is 0 Å². The maximum Gasteiger partial charge on any atom is 0.273 e. The summed E-state index contributed by atoms with van der Waals surface area (Å²) in [6.07, 6.45) is 0. The number of rotatable bonds is 4. The fraction of sp³-hybridized carbons (Fsp3) is 0.312. The first kappa shape index (κ1) is 16.0. The zero-order chi connectivity index (χ0) is 17.1. The molecule has 24 heavy (non-hydrogen) atoms. The molecule has 0 aliphatic carbocycles. The minimum absolute atomic E-state index is 0.116. The monoisotopic (exact) mass is 333 g/mol. The van der Waals surface area contributed by atoms with E-state index in [0.717, 1.165) is 0 Å². The predicted octanol–water partition coefficient (Wildman–Crippen LogP) is 1.27. The van der Waals surface area contributed by atoms with E-state index in [0.29, 0.717) is 17.1 Å². The third-order valence-corrected chi connectivity index (χ3v) is 3.62. The molecule has 126 valence electrons. The van der Waals surface area contributed by atoms with Gasteiger partial charge in [0.05, 0.1) is 0 Å². The number of hydrogen-bond donors (Lipinski definition) is 1. The summed E-state index contributed by atoms with van der Waals surface area (Å²) in [7, 11) is 0. The van der Waals surface area contributed by atoms with Gasteiger partial charge >= 0.3 is 0 Å². The van der Waals surface area contributed by atoms with Gasteiger partial charge in [-0.25, -0.2) is 4.39 Å². The first-order valence-corrected chi connectivity index (χ1v) is 7.43. The molecule has 0 fully saturated rings. The van der Waals surface area contributed by atoms with Gasteiger partial charge in [0, 0.05) is 31.3 Å². The molecule has 0 saturated heterocycles. The number of amides is 2. The number of halogens is 1. The lowest BCUT2D eigenvalue weighted by atomic mass is 10.2. The Balaban J connectivity index is 1.59. The smallest absolute Gasteiger partial charge is 0.273 e. The van der Waals surface area contributed by atoms with Crippen molar-refractivity contribution in [1.82, 2.24) is 15.4 Å². The molecule has 8 heteroatoms. The van der Waals surface area contributed by atoms with Gasteiger partial charge in [-0.3, -0.25) is 9.59 Å². The van der Waals surface area contributed by atoms with Gasteiger partial charge < -0.3 is 19.5 Å². The van der Waals surface area contributed by atoms with Crippen LogP contribution in [-0.4, -0.2) is 41.6 Å². The number of hydrogen-bond acceptors (Lipinski definition) is 5. The molecule has 0 atom stereocenters. The quantitative estimate of drug-likeness (QED) is 0.911. The highest BCUT2D eigenvalue weighted by atomic mass is 19.1. The molecule has 1 N–H and O–H groups in total. The topological polar surface area (TPSA) is 84.7 Å². The van der Waals surface area contributed by atoms with Crippen molar-refractivity contribution in [3.63, 3.8) is 0 Å². The predicted molar refractivity (Wildman–Crippen MR) is 80.9 cm³/mol. The third-order valence-electron chi connectivity index (χ3n) is 3.62. The van der Waals surface area contributed by atoms with Gasteiger partial charge in [-0.1, -0.05) is 5.16 Å². The Kier molecular flexibility index (Phi) is 4.45. The molecule has 0 spiro atoms. The minimum Gasteiger partial charge on any atom is -0.483 e. The van der Waals surface area contributed by atoms with Crippen molar-refractivity contribution in [2.45, 2.75) is 13.5 Å². The number of aryl methyl sites for hydroxylation is 1. The van der Waals surface area contributed by atoms with Gasteiger partial charge in [0.2, 0.25) is 0 Å². The molecule has 2 heterocycles. The average molecular weight is 333 g/mol. The highest BCUT2D eigenvalue weighted by molar-refractivity contribution is 5.92. The number of nitrogens with one attached hydrogen (secondary N) is 1. The summed E-state index contributed by atoms with van der Waals surface area (Å²) < 4.78 is 23.6. The van der Waals surface area contributed by atoms with E-state index in [4.69, 9.17) is 9.26 Å². The van der Waals surface area contributed by atoms with Crippen LogP contribution in [-0.2, 0) is 11.3 Å². The largest absolute Gasteiger partial charge is 0.483 e. The van der Waals surface area contributed by atoms with Crippen molar-refractivity contribution in [3.05, 3.63) is 47.1 Å². The molecular formula is C16H16FN3O4. The minimum atomic E-state index is -0.388. The zero-order valence-electron chi connectivity index (χ0n) is 13.0.